The van der Waals surface area contributed by atoms with E-state index in [9.17, 15) is 14.3 Å². The van der Waals surface area contributed by atoms with Gasteiger partial charge < -0.3 is 14.2 Å². The topological polar surface area (TPSA) is 75.7 Å². The Hall–Kier alpha value is -0.723. The van der Waals surface area contributed by atoms with Gasteiger partial charge in [0.15, 0.2) is 7.60 Å². The van der Waals surface area contributed by atoms with Crippen molar-refractivity contribution in [2.24, 2.45) is 0 Å². The molecule has 0 N–H and O–H groups in total. The molecule has 1 unspecified atom stereocenters. The molecule has 0 aliphatic heterocycles. The first kappa shape index (κ1) is 16.3. The SMILES string of the molecule is CCOC(=O)CP(=O)([O-])Oc1ccccc1.[Li+]. The van der Waals surface area contributed by atoms with Crippen molar-refractivity contribution in [3.05, 3.63) is 30.3 Å². The third-order valence-electron chi connectivity index (χ3n) is 1.62. The molecule has 0 aliphatic carbocycles. The van der Waals surface area contributed by atoms with Gasteiger partial charge in [-0.05, 0) is 19.1 Å². The van der Waals surface area contributed by atoms with Gasteiger partial charge >= 0.3 is 24.8 Å². The number of hydrogen-bond donors (Lipinski definition) is 0. The van der Waals surface area contributed by atoms with Crippen molar-refractivity contribution in [3.63, 3.8) is 0 Å². The molecule has 0 heterocycles. The van der Waals surface area contributed by atoms with Gasteiger partial charge in [0.2, 0.25) is 0 Å². The summed E-state index contributed by atoms with van der Waals surface area (Å²) in [7, 11) is -4.22. The van der Waals surface area contributed by atoms with Crippen molar-refractivity contribution in [1.82, 2.24) is 0 Å². The Kier molecular flexibility index (Phi) is 7.25. The predicted molar refractivity (Wildman–Crippen MR) is 56.2 cm³/mol. The molecule has 1 aromatic rings. The number of ether oxygens (including phenoxy) is 1. The van der Waals surface area contributed by atoms with Crippen LogP contribution in [0.15, 0.2) is 30.3 Å². The van der Waals surface area contributed by atoms with Crippen molar-refractivity contribution >= 4 is 13.6 Å². The van der Waals surface area contributed by atoms with Gasteiger partial charge in [-0.2, -0.15) is 0 Å². The molecular weight excluding hydrogens is 238 g/mol. The maximum absolute atomic E-state index is 11.4. The summed E-state index contributed by atoms with van der Waals surface area (Å²) in [6.45, 7) is 1.75. The molecule has 0 bridgehead atoms. The van der Waals surface area contributed by atoms with E-state index in [1.54, 1.807) is 25.1 Å². The second-order valence-corrected chi connectivity index (χ2v) is 4.70. The minimum atomic E-state index is -4.22. The predicted octanol–water partition coefficient (Wildman–Crippen LogP) is -1.81. The first-order valence-electron chi connectivity index (χ1n) is 4.74. The van der Waals surface area contributed by atoms with E-state index in [0.717, 1.165) is 0 Å². The van der Waals surface area contributed by atoms with Crippen LogP contribution >= 0.6 is 7.60 Å². The maximum Gasteiger partial charge on any atom is 1.00 e. The number of carbonyl (C=O) groups excluding carboxylic acids is 1. The molecule has 1 rings (SSSR count). The van der Waals surface area contributed by atoms with Crippen LogP contribution in [0.2, 0.25) is 0 Å². The normalized spacial score (nSPS) is 13.1. The van der Waals surface area contributed by atoms with Gasteiger partial charge in [-0.25, -0.2) is 0 Å². The number of para-hydroxylation sites is 1. The molecule has 0 saturated heterocycles. The molecule has 1 aromatic carbocycles. The number of rotatable bonds is 5. The molecule has 0 radical (unpaired) electrons. The van der Waals surface area contributed by atoms with Crippen molar-refractivity contribution in [2.45, 2.75) is 6.92 Å². The number of benzene rings is 1. The van der Waals surface area contributed by atoms with Gasteiger partial charge in [-0.15, -0.1) is 0 Å². The van der Waals surface area contributed by atoms with Crippen LogP contribution in [-0.4, -0.2) is 18.7 Å². The van der Waals surface area contributed by atoms with E-state index in [4.69, 9.17) is 4.52 Å². The quantitative estimate of drug-likeness (QED) is 0.349. The summed E-state index contributed by atoms with van der Waals surface area (Å²) in [5.74, 6) is -0.623. The van der Waals surface area contributed by atoms with E-state index < -0.39 is 19.7 Å². The van der Waals surface area contributed by atoms with E-state index in [2.05, 4.69) is 4.74 Å². The van der Waals surface area contributed by atoms with Gasteiger partial charge in [-0.1, -0.05) is 18.2 Å². The summed E-state index contributed by atoms with van der Waals surface area (Å²) in [5, 5.41) is 0. The van der Waals surface area contributed by atoms with Crippen LogP contribution in [0.1, 0.15) is 6.92 Å². The fraction of sp³-hybridized carbons (Fsp3) is 0.300. The zero-order valence-corrected chi connectivity index (χ0v) is 10.7. The van der Waals surface area contributed by atoms with Gasteiger partial charge in [0.25, 0.3) is 0 Å². The van der Waals surface area contributed by atoms with Gasteiger partial charge in [-0.3, -0.25) is 9.36 Å². The summed E-state index contributed by atoms with van der Waals surface area (Å²) < 4.78 is 20.6. The van der Waals surface area contributed by atoms with Crippen LogP contribution in [0, 0.1) is 0 Å². The molecule has 0 aliphatic rings. The Morgan fingerprint density at radius 3 is 2.47 bits per heavy atom. The first-order chi connectivity index (χ1) is 7.53. The van der Waals surface area contributed by atoms with Crippen molar-refractivity contribution in [2.75, 3.05) is 12.8 Å². The van der Waals surface area contributed by atoms with Crippen molar-refractivity contribution in [1.29, 1.82) is 0 Å². The standard InChI is InChI=1S/C10H13O5P.Li/c1-2-14-10(11)8-16(12,13)15-9-6-4-3-5-7-9;/h3-7H,2,8H2,1H3,(H,12,13);/q;+1/p-1. The molecule has 17 heavy (non-hydrogen) atoms. The summed E-state index contributed by atoms with van der Waals surface area (Å²) in [4.78, 5) is 22.4. The number of hydrogen-bond acceptors (Lipinski definition) is 5. The van der Waals surface area contributed by atoms with Crippen LogP contribution in [0.4, 0.5) is 0 Å². The number of esters is 1. The van der Waals surface area contributed by atoms with Crippen LogP contribution in [0.25, 0.3) is 0 Å². The molecule has 1 atom stereocenters. The molecular formula is C10H12LiO5P. The van der Waals surface area contributed by atoms with Crippen LogP contribution in [0.5, 0.6) is 5.75 Å². The Bertz CT molecular complexity index is 395. The average molecular weight is 250 g/mol. The largest absolute Gasteiger partial charge is 1.00 e. The summed E-state index contributed by atoms with van der Waals surface area (Å²) in [6.07, 6.45) is -0.754. The number of carbonyl (C=O) groups is 1. The minimum Gasteiger partial charge on any atom is -0.769 e. The second kappa shape index (κ2) is 7.57. The van der Waals surface area contributed by atoms with Crippen molar-refractivity contribution in [3.8, 4) is 5.75 Å². The Labute approximate surface area is 112 Å². The van der Waals surface area contributed by atoms with Gasteiger partial charge in [0.1, 0.15) is 11.9 Å². The fourth-order valence-electron chi connectivity index (χ4n) is 1.04. The third kappa shape index (κ3) is 6.55. The molecule has 7 heteroatoms. The summed E-state index contributed by atoms with van der Waals surface area (Å²) >= 11 is 0. The van der Waals surface area contributed by atoms with Crippen LogP contribution in [-0.2, 0) is 14.1 Å². The zero-order valence-electron chi connectivity index (χ0n) is 9.79. The fourth-order valence-corrected chi connectivity index (χ4v) is 1.95. The zero-order chi connectivity index (χ0) is 12.0. The Morgan fingerprint density at radius 1 is 1.35 bits per heavy atom. The molecule has 88 valence electrons. The second-order valence-electron chi connectivity index (χ2n) is 2.98. The van der Waals surface area contributed by atoms with Crippen LogP contribution in [0.3, 0.4) is 0 Å². The maximum atomic E-state index is 11.4. The Morgan fingerprint density at radius 2 is 1.94 bits per heavy atom. The van der Waals surface area contributed by atoms with Crippen LogP contribution < -0.4 is 28.3 Å². The van der Waals surface area contributed by atoms with E-state index in [1.165, 1.54) is 12.1 Å². The molecule has 0 amide bonds. The summed E-state index contributed by atoms with van der Waals surface area (Å²) in [5.41, 5.74) is 0. The average Bonchev–Trinajstić information content (AvgIpc) is 2.17. The van der Waals surface area contributed by atoms with Crippen molar-refractivity contribution < 1.29 is 42.4 Å². The summed E-state index contributed by atoms with van der Waals surface area (Å²) in [6, 6.07) is 8.00. The van der Waals surface area contributed by atoms with E-state index in [1.807, 2.05) is 0 Å². The van der Waals surface area contributed by atoms with Gasteiger partial charge in [0, 0.05) is 0 Å². The van der Waals surface area contributed by atoms with Gasteiger partial charge in [0.05, 0.1) is 6.61 Å². The molecule has 0 fully saturated rings. The van der Waals surface area contributed by atoms with E-state index in [0.29, 0.717) is 0 Å². The monoisotopic (exact) mass is 250 g/mol. The van der Waals surface area contributed by atoms with E-state index >= 15 is 0 Å². The molecule has 0 aromatic heterocycles. The first-order valence-corrected chi connectivity index (χ1v) is 6.46. The van der Waals surface area contributed by atoms with E-state index in [-0.39, 0.29) is 31.2 Å². The molecule has 0 saturated carbocycles. The smallest absolute Gasteiger partial charge is 0.769 e. The molecule has 5 nitrogen and oxygen atoms in total. The minimum absolute atomic E-state index is 0. The Balaban J connectivity index is 0.00000256. The third-order valence-corrected chi connectivity index (χ3v) is 2.75. The molecule has 0 spiro atoms.